The molecule has 1 saturated heterocycles. The van der Waals surface area contributed by atoms with Gasteiger partial charge in [0.1, 0.15) is 0 Å². The summed E-state index contributed by atoms with van der Waals surface area (Å²) in [6, 6.07) is 10.1. The summed E-state index contributed by atoms with van der Waals surface area (Å²) in [5.41, 5.74) is 0.845. The second-order valence-corrected chi connectivity index (χ2v) is 6.06. The highest BCUT2D eigenvalue weighted by Crippen LogP contribution is 2.46. The van der Waals surface area contributed by atoms with Gasteiger partial charge in [-0.15, -0.1) is 12.4 Å². The van der Waals surface area contributed by atoms with Crippen molar-refractivity contribution in [3.05, 3.63) is 35.9 Å². The van der Waals surface area contributed by atoms with Crippen LogP contribution in [0.1, 0.15) is 32.3 Å². The van der Waals surface area contributed by atoms with Gasteiger partial charge in [0.05, 0.1) is 0 Å². The predicted octanol–water partition coefficient (Wildman–Crippen LogP) is 2.09. The Bertz CT molecular complexity index is 465. The van der Waals surface area contributed by atoms with E-state index in [1.165, 1.54) is 0 Å². The minimum atomic E-state index is -0.933. The van der Waals surface area contributed by atoms with Crippen molar-refractivity contribution < 1.29 is 9.90 Å². The van der Waals surface area contributed by atoms with Gasteiger partial charge in [-0.2, -0.15) is 0 Å². The third-order valence-corrected chi connectivity index (χ3v) is 5.10. The van der Waals surface area contributed by atoms with Crippen LogP contribution in [0, 0.1) is 11.8 Å². The highest BCUT2D eigenvalue weighted by molar-refractivity contribution is 5.85. The van der Waals surface area contributed by atoms with E-state index in [1.54, 1.807) is 0 Å². The molecule has 0 bridgehead atoms. The Morgan fingerprint density at radius 1 is 1.43 bits per heavy atom. The first-order valence-corrected chi connectivity index (χ1v) is 7.47. The van der Waals surface area contributed by atoms with Crippen LogP contribution in [0.4, 0.5) is 0 Å². The Labute approximate surface area is 133 Å². The molecule has 1 unspecified atom stereocenters. The lowest BCUT2D eigenvalue weighted by molar-refractivity contribution is -0.314. The first kappa shape index (κ1) is 18.0. The molecule has 1 heterocycles. The molecular formula is C17H25ClNO2-. The maximum Gasteiger partial charge on any atom is 0.0451 e. The molecule has 1 fully saturated rings. The molecule has 0 saturated carbocycles. The van der Waals surface area contributed by atoms with Crippen molar-refractivity contribution in [1.82, 2.24) is 4.90 Å². The Kier molecular flexibility index (Phi) is 6.24. The summed E-state index contributed by atoms with van der Waals surface area (Å²) in [4.78, 5) is 13.9. The average Bonchev–Trinajstić information content (AvgIpc) is 2.47. The van der Waals surface area contributed by atoms with Gasteiger partial charge < -0.3 is 14.8 Å². The fraction of sp³-hybridized carbons (Fsp3) is 0.588. The number of piperidine rings is 1. The number of benzene rings is 1. The van der Waals surface area contributed by atoms with E-state index in [-0.39, 0.29) is 17.8 Å². The molecule has 3 nitrogen and oxygen atoms in total. The van der Waals surface area contributed by atoms with Gasteiger partial charge in [0.2, 0.25) is 0 Å². The second kappa shape index (κ2) is 7.28. The zero-order valence-electron chi connectivity index (χ0n) is 13.0. The highest BCUT2D eigenvalue weighted by Gasteiger charge is 2.46. The molecule has 118 valence electrons. The summed E-state index contributed by atoms with van der Waals surface area (Å²) in [6.07, 6.45) is 1.86. The Hall–Kier alpha value is -1.06. The van der Waals surface area contributed by atoms with E-state index < -0.39 is 11.9 Å². The third kappa shape index (κ3) is 3.24. The summed E-state index contributed by atoms with van der Waals surface area (Å²) >= 11 is 0. The normalized spacial score (nSPS) is 27.7. The van der Waals surface area contributed by atoms with Crippen molar-refractivity contribution in [2.24, 2.45) is 11.8 Å². The first-order valence-electron chi connectivity index (χ1n) is 7.47. The van der Waals surface area contributed by atoms with Gasteiger partial charge in [-0.1, -0.05) is 50.6 Å². The number of hydrogen-bond acceptors (Lipinski definition) is 3. The minimum absolute atomic E-state index is 0. The lowest BCUT2D eigenvalue weighted by atomic mass is 9.58. The molecule has 0 aliphatic carbocycles. The van der Waals surface area contributed by atoms with Gasteiger partial charge in [-0.3, -0.25) is 0 Å². The highest BCUT2D eigenvalue weighted by atomic mass is 35.5. The molecule has 0 N–H and O–H groups in total. The largest absolute Gasteiger partial charge is 0.550 e. The zero-order valence-corrected chi connectivity index (χ0v) is 13.9. The number of halogens is 1. The van der Waals surface area contributed by atoms with Crippen molar-refractivity contribution in [3.8, 4) is 0 Å². The van der Waals surface area contributed by atoms with Crippen LogP contribution in [0.3, 0.4) is 0 Å². The van der Waals surface area contributed by atoms with Gasteiger partial charge in [0.15, 0.2) is 0 Å². The molecule has 4 heteroatoms. The molecule has 0 aromatic heterocycles. The smallest absolute Gasteiger partial charge is 0.0451 e. The number of hydrogen-bond donors (Lipinski definition) is 0. The van der Waals surface area contributed by atoms with E-state index in [4.69, 9.17) is 0 Å². The summed E-state index contributed by atoms with van der Waals surface area (Å²) in [7, 11) is 2.11. The molecule has 1 aliphatic rings. The molecule has 0 spiro atoms. The molecule has 1 aromatic carbocycles. The van der Waals surface area contributed by atoms with Gasteiger partial charge in [0, 0.05) is 23.8 Å². The van der Waals surface area contributed by atoms with Crippen LogP contribution in [0.15, 0.2) is 30.3 Å². The Morgan fingerprint density at radius 3 is 2.57 bits per heavy atom. The number of carboxylic acids is 1. The quantitative estimate of drug-likeness (QED) is 0.855. The molecule has 1 aromatic rings. The van der Waals surface area contributed by atoms with Gasteiger partial charge in [-0.25, -0.2) is 0 Å². The van der Waals surface area contributed by atoms with Crippen molar-refractivity contribution in [2.75, 3.05) is 20.1 Å². The molecule has 0 amide bonds. The number of likely N-dealkylation sites (tertiary alicyclic amines) is 1. The molecule has 3 atom stereocenters. The van der Waals surface area contributed by atoms with Crippen molar-refractivity contribution in [1.29, 1.82) is 0 Å². The van der Waals surface area contributed by atoms with E-state index in [9.17, 15) is 9.90 Å². The number of aliphatic carboxylic acids is 1. The van der Waals surface area contributed by atoms with E-state index in [1.807, 2.05) is 25.1 Å². The summed E-state index contributed by atoms with van der Waals surface area (Å²) in [5.74, 6) is -1.06. The summed E-state index contributed by atoms with van der Waals surface area (Å²) < 4.78 is 0. The summed E-state index contributed by atoms with van der Waals surface area (Å²) in [6.45, 7) is 5.85. The average molecular weight is 311 g/mol. The number of rotatable bonds is 4. The number of carbonyl (C=O) groups is 1. The van der Waals surface area contributed by atoms with Crippen LogP contribution in [-0.4, -0.2) is 31.0 Å². The van der Waals surface area contributed by atoms with Crippen LogP contribution >= 0.6 is 12.4 Å². The maximum absolute atomic E-state index is 11.6. The van der Waals surface area contributed by atoms with Gasteiger partial charge in [-0.05, 0) is 31.5 Å². The minimum Gasteiger partial charge on any atom is -0.550 e. The van der Waals surface area contributed by atoms with Crippen molar-refractivity contribution >= 4 is 18.4 Å². The fourth-order valence-corrected chi connectivity index (χ4v) is 3.86. The fourth-order valence-electron chi connectivity index (χ4n) is 3.86. The molecular weight excluding hydrogens is 286 g/mol. The van der Waals surface area contributed by atoms with Crippen molar-refractivity contribution in [3.63, 3.8) is 0 Å². The molecule has 21 heavy (non-hydrogen) atoms. The van der Waals surface area contributed by atoms with E-state index in [2.05, 4.69) is 31.0 Å². The lowest BCUT2D eigenvalue weighted by Gasteiger charge is -2.51. The standard InChI is InChI=1S/C17H25NO2.ClH/c1-4-14-12-18(3)11-10-17(14,13(2)16(19)20)15-8-6-5-7-9-15;/h5-9,13-14H,4,10-12H2,1-3H3,(H,19,20);1H/p-1/t13?,14-,17+;/m1./s1. The number of carboxylic acid groups (broad SMARTS) is 1. The van der Waals surface area contributed by atoms with E-state index >= 15 is 0 Å². The van der Waals surface area contributed by atoms with Crippen LogP contribution in [-0.2, 0) is 10.2 Å². The van der Waals surface area contributed by atoms with Crippen molar-refractivity contribution in [2.45, 2.75) is 32.1 Å². The molecule has 2 rings (SSSR count). The van der Waals surface area contributed by atoms with E-state index in [0.29, 0.717) is 5.92 Å². The van der Waals surface area contributed by atoms with Crippen LogP contribution in [0.25, 0.3) is 0 Å². The SMILES string of the molecule is CC[C@@H]1CN(C)CC[C@]1(c1ccccc1)C(C)C(=O)[O-].Cl. The van der Waals surface area contributed by atoms with Crippen LogP contribution in [0.5, 0.6) is 0 Å². The first-order chi connectivity index (χ1) is 9.52. The van der Waals surface area contributed by atoms with Gasteiger partial charge in [0.25, 0.3) is 0 Å². The molecule has 1 aliphatic heterocycles. The number of nitrogens with zero attached hydrogens (tertiary/aromatic N) is 1. The predicted molar refractivity (Wildman–Crippen MR) is 85.4 cm³/mol. The zero-order chi connectivity index (χ0) is 14.8. The van der Waals surface area contributed by atoms with Crippen LogP contribution < -0.4 is 5.11 Å². The monoisotopic (exact) mass is 310 g/mol. The topological polar surface area (TPSA) is 43.4 Å². The van der Waals surface area contributed by atoms with E-state index in [0.717, 1.165) is 31.5 Å². The number of carbonyl (C=O) groups excluding carboxylic acids is 1. The lowest BCUT2D eigenvalue weighted by Crippen LogP contribution is -2.55. The Balaban J connectivity index is 0.00000220. The van der Waals surface area contributed by atoms with Crippen LogP contribution in [0.2, 0.25) is 0 Å². The molecule has 0 radical (unpaired) electrons. The second-order valence-electron chi connectivity index (χ2n) is 6.06. The Morgan fingerprint density at radius 2 is 2.05 bits per heavy atom. The van der Waals surface area contributed by atoms with Gasteiger partial charge >= 0.3 is 0 Å². The summed E-state index contributed by atoms with van der Waals surface area (Å²) in [5, 5.41) is 11.6. The third-order valence-electron chi connectivity index (χ3n) is 5.10. The maximum atomic E-state index is 11.6.